The highest BCUT2D eigenvalue weighted by atomic mass is 19.1. The summed E-state index contributed by atoms with van der Waals surface area (Å²) in [7, 11) is 0. The first-order chi connectivity index (χ1) is 8.69. The second-order valence-electron chi connectivity index (χ2n) is 4.38. The summed E-state index contributed by atoms with van der Waals surface area (Å²) >= 11 is 0. The maximum atomic E-state index is 12.9. The molecule has 0 aliphatic heterocycles. The van der Waals surface area contributed by atoms with Gasteiger partial charge in [-0.3, -0.25) is 4.98 Å². The van der Waals surface area contributed by atoms with E-state index >= 15 is 0 Å². The monoisotopic (exact) mass is 244 g/mol. The zero-order valence-electron chi connectivity index (χ0n) is 10.7. The number of pyridine rings is 1. The highest BCUT2D eigenvalue weighted by Gasteiger charge is 2.10. The van der Waals surface area contributed by atoms with Gasteiger partial charge in [-0.2, -0.15) is 0 Å². The number of aromatic nitrogens is 1. The van der Waals surface area contributed by atoms with Crippen molar-refractivity contribution >= 4 is 5.69 Å². The molecule has 18 heavy (non-hydrogen) atoms. The number of nitrogens with one attached hydrogen (secondary N) is 1. The average Bonchev–Trinajstić information content (AvgIpc) is 2.37. The summed E-state index contributed by atoms with van der Waals surface area (Å²) in [6, 6.07) is 11.5. The molecule has 1 aromatic heterocycles. The van der Waals surface area contributed by atoms with Gasteiger partial charge >= 0.3 is 0 Å². The Balaban J connectivity index is 2.17. The molecule has 0 aliphatic carbocycles. The van der Waals surface area contributed by atoms with Crippen LogP contribution in [0.2, 0.25) is 0 Å². The Labute approximate surface area is 107 Å². The van der Waals surface area contributed by atoms with Gasteiger partial charge in [0, 0.05) is 5.69 Å². The topological polar surface area (TPSA) is 24.9 Å². The number of aryl methyl sites for hydroxylation is 1. The number of halogens is 1. The van der Waals surface area contributed by atoms with Gasteiger partial charge in [0.1, 0.15) is 5.82 Å². The quantitative estimate of drug-likeness (QED) is 0.876. The number of hydrogen-bond acceptors (Lipinski definition) is 2. The van der Waals surface area contributed by atoms with Crippen molar-refractivity contribution in [1.29, 1.82) is 0 Å². The molecule has 0 fully saturated rings. The molecule has 1 N–H and O–H groups in total. The molecule has 0 radical (unpaired) electrons. The minimum Gasteiger partial charge on any atom is -0.377 e. The van der Waals surface area contributed by atoms with Crippen LogP contribution in [0.5, 0.6) is 0 Å². The fraction of sp³-hybridized carbons (Fsp3) is 0.267. The molecule has 1 aromatic carbocycles. The number of rotatable bonds is 4. The average molecular weight is 244 g/mol. The predicted octanol–water partition coefficient (Wildman–Crippen LogP) is 4.09. The van der Waals surface area contributed by atoms with Gasteiger partial charge in [0.15, 0.2) is 0 Å². The van der Waals surface area contributed by atoms with E-state index in [-0.39, 0.29) is 11.9 Å². The molecular formula is C15H17FN2. The smallest absolute Gasteiger partial charge is 0.141 e. The second-order valence-corrected chi connectivity index (χ2v) is 4.38. The van der Waals surface area contributed by atoms with E-state index < -0.39 is 0 Å². The minimum atomic E-state index is -0.302. The Hall–Kier alpha value is -1.90. The van der Waals surface area contributed by atoms with Crippen LogP contribution >= 0.6 is 0 Å². The molecule has 0 saturated heterocycles. The number of anilines is 1. The molecule has 0 spiro atoms. The summed E-state index contributed by atoms with van der Waals surface area (Å²) in [5.41, 5.74) is 3.13. The van der Waals surface area contributed by atoms with Crippen LogP contribution < -0.4 is 5.32 Å². The number of nitrogens with zero attached hydrogens (tertiary/aromatic N) is 1. The fourth-order valence-corrected chi connectivity index (χ4v) is 1.91. The molecule has 1 unspecified atom stereocenters. The van der Waals surface area contributed by atoms with Gasteiger partial charge < -0.3 is 5.32 Å². The normalized spacial score (nSPS) is 12.2. The van der Waals surface area contributed by atoms with Crippen LogP contribution in [-0.2, 0) is 0 Å². The first kappa shape index (κ1) is 12.6. The molecule has 94 valence electrons. The lowest BCUT2D eigenvalue weighted by atomic mass is 10.1. The largest absolute Gasteiger partial charge is 0.377 e. The maximum absolute atomic E-state index is 12.9. The van der Waals surface area contributed by atoms with Crippen LogP contribution in [0.1, 0.15) is 30.6 Å². The second kappa shape index (κ2) is 5.63. The predicted molar refractivity (Wildman–Crippen MR) is 72.0 cm³/mol. The van der Waals surface area contributed by atoms with Gasteiger partial charge in [-0.1, -0.05) is 19.1 Å². The van der Waals surface area contributed by atoms with E-state index in [0.29, 0.717) is 0 Å². The van der Waals surface area contributed by atoms with Gasteiger partial charge in [0.25, 0.3) is 0 Å². The van der Waals surface area contributed by atoms with Crippen LogP contribution in [0, 0.1) is 12.7 Å². The van der Waals surface area contributed by atoms with Crippen LogP contribution in [0.15, 0.2) is 42.6 Å². The van der Waals surface area contributed by atoms with Crippen LogP contribution in [0.25, 0.3) is 0 Å². The number of benzene rings is 1. The van der Waals surface area contributed by atoms with E-state index in [2.05, 4.69) is 36.3 Å². The standard InChI is InChI=1S/C15H17FN2/c1-3-14(15-8-7-12(16)10-17-15)18-13-6-4-5-11(2)9-13/h4-10,14,18H,3H2,1-2H3. The van der Waals surface area contributed by atoms with Crippen molar-refractivity contribution in [3.8, 4) is 0 Å². The maximum Gasteiger partial charge on any atom is 0.141 e. The first-order valence-corrected chi connectivity index (χ1v) is 6.13. The molecule has 2 aromatic rings. The lowest BCUT2D eigenvalue weighted by molar-refractivity contribution is 0.614. The minimum absolute atomic E-state index is 0.104. The van der Waals surface area contributed by atoms with Crippen LogP contribution in [-0.4, -0.2) is 4.98 Å². The summed E-state index contributed by atoms with van der Waals surface area (Å²) in [5.74, 6) is -0.302. The summed E-state index contributed by atoms with van der Waals surface area (Å²) in [4.78, 5) is 4.13. The van der Waals surface area contributed by atoms with Crippen molar-refractivity contribution < 1.29 is 4.39 Å². The lowest BCUT2D eigenvalue weighted by Gasteiger charge is -2.18. The van der Waals surface area contributed by atoms with Gasteiger partial charge in [-0.05, 0) is 43.2 Å². The third-order valence-corrected chi connectivity index (χ3v) is 2.87. The molecule has 2 nitrogen and oxygen atoms in total. The highest BCUT2D eigenvalue weighted by molar-refractivity contribution is 5.47. The van der Waals surface area contributed by atoms with E-state index in [0.717, 1.165) is 17.8 Å². The van der Waals surface area contributed by atoms with Crippen molar-refractivity contribution in [2.24, 2.45) is 0 Å². The molecule has 1 atom stereocenters. The van der Waals surface area contributed by atoms with Gasteiger partial charge in [-0.25, -0.2) is 4.39 Å². The molecule has 0 saturated carbocycles. The van der Waals surface area contributed by atoms with Crippen molar-refractivity contribution in [2.75, 3.05) is 5.32 Å². The van der Waals surface area contributed by atoms with E-state index in [1.54, 1.807) is 6.07 Å². The summed E-state index contributed by atoms with van der Waals surface area (Å²) in [6.07, 6.45) is 2.16. The molecule has 1 heterocycles. The van der Waals surface area contributed by atoms with Crippen molar-refractivity contribution in [3.05, 3.63) is 59.7 Å². The molecule has 2 rings (SSSR count). The van der Waals surface area contributed by atoms with E-state index in [9.17, 15) is 4.39 Å². The lowest BCUT2D eigenvalue weighted by Crippen LogP contribution is -2.11. The van der Waals surface area contributed by atoms with Gasteiger partial charge in [0.05, 0.1) is 17.9 Å². The third-order valence-electron chi connectivity index (χ3n) is 2.87. The SMILES string of the molecule is CCC(Nc1cccc(C)c1)c1ccc(F)cn1. The Morgan fingerprint density at radius 3 is 2.72 bits per heavy atom. The van der Waals surface area contributed by atoms with Gasteiger partial charge in [0.2, 0.25) is 0 Å². The van der Waals surface area contributed by atoms with Gasteiger partial charge in [-0.15, -0.1) is 0 Å². The van der Waals surface area contributed by atoms with Crippen molar-refractivity contribution in [2.45, 2.75) is 26.3 Å². The Kier molecular flexibility index (Phi) is 3.92. The highest BCUT2D eigenvalue weighted by Crippen LogP contribution is 2.21. The summed E-state index contributed by atoms with van der Waals surface area (Å²) in [6.45, 7) is 4.14. The summed E-state index contributed by atoms with van der Waals surface area (Å²) in [5, 5.41) is 3.42. The first-order valence-electron chi connectivity index (χ1n) is 6.13. The molecule has 3 heteroatoms. The molecule has 0 bridgehead atoms. The van der Waals surface area contributed by atoms with Crippen molar-refractivity contribution in [3.63, 3.8) is 0 Å². The Morgan fingerprint density at radius 2 is 2.11 bits per heavy atom. The zero-order chi connectivity index (χ0) is 13.0. The Morgan fingerprint density at radius 1 is 1.28 bits per heavy atom. The Bertz CT molecular complexity index is 508. The van der Waals surface area contributed by atoms with E-state index in [1.807, 2.05) is 12.1 Å². The third kappa shape index (κ3) is 3.06. The van der Waals surface area contributed by atoms with Crippen molar-refractivity contribution in [1.82, 2.24) is 4.98 Å². The van der Waals surface area contributed by atoms with Crippen LogP contribution in [0.3, 0.4) is 0 Å². The summed E-state index contributed by atoms with van der Waals surface area (Å²) < 4.78 is 12.9. The number of hydrogen-bond donors (Lipinski definition) is 1. The van der Waals surface area contributed by atoms with E-state index in [4.69, 9.17) is 0 Å². The molecular weight excluding hydrogens is 227 g/mol. The van der Waals surface area contributed by atoms with Crippen LogP contribution in [0.4, 0.5) is 10.1 Å². The molecule has 0 aliphatic rings. The zero-order valence-corrected chi connectivity index (χ0v) is 10.7. The fourth-order valence-electron chi connectivity index (χ4n) is 1.91. The van der Waals surface area contributed by atoms with E-state index in [1.165, 1.54) is 17.8 Å². The molecule has 0 amide bonds.